The highest BCUT2D eigenvalue weighted by atomic mass is 32.1. The Bertz CT molecular complexity index is 1120. The average Bonchev–Trinajstić information content (AvgIpc) is 3.25. The molecule has 4 heterocycles. The van der Waals surface area contributed by atoms with Gasteiger partial charge in [0.05, 0.1) is 16.8 Å². The summed E-state index contributed by atoms with van der Waals surface area (Å²) < 4.78 is 1.43. The number of carbonyl (C=O) groups is 1. The maximum Gasteiger partial charge on any atom is 0.339 e. The zero-order valence-electron chi connectivity index (χ0n) is 12.7. The first-order chi connectivity index (χ1) is 12.2. The SMILES string of the molecule is C#Cc1ccsc1-c1nc2ccnn2cc1C(=O)O.c1cc2ncc1-2. The summed E-state index contributed by atoms with van der Waals surface area (Å²) in [5.41, 5.74) is 4.17. The highest BCUT2D eigenvalue weighted by Gasteiger charge is 2.18. The zero-order valence-corrected chi connectivity index (χ0v) is 13.6. The molecular weight excluding hydrogens is 336 g/mol. The molecule has 1 aliphatic heterocycles. The monoisotopic (exact) mass is 346 g/mol. The Kier molecular flexibility index (Phi) is 3.52. The number of carboxylic acids is 1. The van der Waals surface area contributed by atoms with Crippen LogP contribution >= 0.6 is 11.3 Å². The molecule has 6 nitrogen and oxygen atoms in total. The van der Waals surface area contributed by atoms with Gasteiger partial charge >= 0.3 is 5.97 Å². The van der Waals surface area contributed by atoms with E-state index in [2.05, 4.69) is 27.1 Å². The van der Waals surface area contributed by atoms with Crippen LogP contribution in [-0.4, -0.2) is 30.7 Å². The second-order valence-electron chi connectivity index (χ2n) is 5.18. The van der Waals surface area contributed by atoms with Crippen LogP contribution in [0.2, 0.25) is 0 Å². The molecule has 0 unspecified atom stereocenters. The smallest absolute Gasteiger partial charge is 0.339 e. The number of hydrogen-bond donors (Lipinski definition) is 1. The van der Waals surface area contributed by atoms with Crippen molar-refractivity contribution in [3.05, 3.63) is 59.4 Å². The van der Waals surface area contributed by atoms with Crippen molar-refractivity contribution in [3.63, 3.8) is 0 Å². The van der Waals surface area contributed by atoms with Crippen molar-refractivity contribution in [1.29, 1.82) is 0 Å². The first kappa shape index (κ1) is 15.1. The van der Waals surface area contributed by atoms with Gasteiger partial charge in [-0.2, -0.15) is 5.10 Å². The number of terminal acetylenes is 1. The lowest BCUT2D eigenvalue weighted by atomic mass is 10.1. The van der Waals surface area contributed by atoms with Gasteiger partial charge < -0.3 is 5.11 Å². The summed E-state index contributed by atoms with van der Waals surface area (Å²) >= 11 is 1.37. The van der Waals surface area contributed by atoms with Gasteiger partial charge in [-0.05, 0) is 23.6 Å². The first-order valence-electron chi connectivity index (χ1n) is 7.26. The van der Waals surface area contributed by atoms with E-state index >= 15 is 0 Å². The molecule has 2 aliphatic rings. The lowest BCUT2D eigenvalue weighted by Crippen LogP contribution is -2.05. The van der Waals surface area contributed by atoms with Crippen LogP contribution in [0.15, 0.2) is 48.2 Å². The fraction of sp³-hybridized carbons (Fsp3) is 0. The molecule has 25 heavy (non-hydrogen) atoms. The molecule has 7 heteroatoms. The van der Waals surface area contributed by atoms with Gasteiger partial charge in [0.1, 0.15) is 11.3 Å². The van der Waals surface area contributed by atoms with Crippen LogP contribution in [0.3, 0.4) is 0 Å². The predicted molar refractivity (Wildman–Crippen MR) is 94.4 cm³/mol. The Balaban J connectivity index is 0.000000217. The molecule has 0 saturated carbocycles. The number of fused-ring (bicyclic) bond motifs is 2. The summed E-state index contributed by atoms with van der Waals surface area (Å²) in [6, 6.07) is 7.55. The maximum absolute atomic E-state index is 11.4. The topological polar surface area (TPSA) is 80.4 Å². The fourth-order valence-corrected chi connectivity index (χ4v) is 3.20. The molecule has 1 aliphatic carbocycles. The maximum atomic E-state index is 11.4. The van der Waals surface area contributed by atoms with Crippen molar-refractivity contribution in [3.8, 4) is 34.2 Å². The van der Waals surface area contributed by atoms with Crippen LogP contribution in [0, 0.1) is 12.3 Å². The number of nitrogens with zero attached hydrogens (tertiary/aromatic N) is 4. The summed E-state index contributed by atoms with van der Waals surface area (Å²) in [5, 5.41) is 15.1. The van der Waals surface area contributed by atoms with Gasteiger partial charge in [0.2, 0.25) is 0 Å². The van der Waals surface area contributed by atoms with E-state index in [1.807, 2.05) is 17.6 Å². The Hall–Kier alpha value is -3.50. The number of pyridine rings is 1. The highest BCUT2D eigenvalue weighted by molar-refractivity contribution is 7.13. The minimum Gasteiger partial charge on any atom is -0.478 e. The summed E-state index contributed by atoms with van der Waals surface area (Å²) in [6.45, 7) is 0. The Labute approximate surface area is 146 Å². The Morgan fingerprint density at radius 3 is 2.68 bits per heavy atom. The second-order valence-corrected chi connectivity index (χ2v) is 6.10. The molecule has 5 rings (SSSR count). The van der Waals surface area contributed by atoms with Crippen molar-refractivity contribution in [2.75, 3.05) is 0 Å². The van der Waals surface area contributed by atoms with Gasteiger partial charge in [0, 0.05) is 29.6 Å². The van der Waals surface area contributed by atoms with E-state index in [1.54, 1.807) is 18.3 Å². The van der Waals surface area contributed by atoms with Gasteiger partial charge in [-0.15, -0.1) is 17.8 Å². The average molecular weight is 346 g/mol. The molecule has 1 N–H and O–H groups in total. The van der Waals surface area contributed by atoms with Gasteiger partial charge in [-0.1, -0.05) is 5.92 Å². The lowest BCUT2D eigenvalue weighted by molar-refractivity contribution is 0.0696. The predicted octanol–water partition coefficient (Wildman–Crippen LogP) is 3.20. The van der Waals surface area contributed by atoms with E-state index in [-0.39, 0.29) is 5.56 Å². The molecule has 0 spiro atoms. The third kappa shape index (κ3) is 2.55. The molecule has 0 aromatic carbocycles. The molecule has 0 radical (unpaired) electrons. The molecule has 3 aromatic rings. The van der Waals surface area contributed by atoms with Crippen molar-refractivity contribution < 1.29 is 9.90 Å². The largest absolute Gasteiger partial charge is 0.478 e. The van der Waals surface area contributed by atoms with Crippen LogP contribution < -0.4 is 0 Å². The van der Waals surface area contributed by atoms with Crippen LogP contribution in [0.5, 0.6) is 0 Å². The van der Waals surface area contributed by atoms with E-state index in [4.69, 9.17) is 6.42 Å². The quantitative estimate of drug-likeness (QED) is 0.497. The summed E-state index contributed by atoms with van der Waals surface area (Å²) in [7, 11) is 0. The highest BCUT2D eigenvalue weighted by Crippen LogP contribution is 2.30. The summed E-state index contributed by atoms with van der Waals surface area (Å²) in [6.07, 6.45) is 10.3. The lowest BCUT2D eigenvalue weighted by Gasteiger charge is -2.08. The van der Waals surface area contributed by atoms with E-state index < -0.39 is 5.97 Å². The van der Waals surface area contributed by atoms with Crippen LogP contribution in [-0.2, 0) is 0 Å². The Morgan fingerprint density at radius 1 is 1.28 bits per heavy atom. The van der Waals surface area contributed by atoms with Gasteiger partial charge in [-0.25, -0.2) is 14.3 Å². The van der Waals surface area contributed by atoms with Crippen molar-refractivity contribution in [1.82, 2.24) is 19.6 Å². The second kappa shape index (κ2) is 5.85. The van der Waals surface area contributed by atoms with E-state index in [9.17, 15) is 9.90 Å². The minimum atomic E-state index is -1.06. The van der Waals surface area contributed by atoms with Crippen molar-refractivity contribution in [2.45, 2.75) is 0 Å². The molecule has 0 bridgehead atoms. The third-order valence-electron chi connectivity index (χ3n) is 3.71. The first-order valence-corrected chi connectivity index (χ1v) is 8.14. The number of hydrogen-bond acceptors (Lipinski definition) is 5. The minimum absolute atomic E-state index is 0.0788. The van der Waals surface area contributed by atoms with Crippen LogP contribution in [0.4, 0.5) is 0 Å². The summed E-state index contributed by atoms with van der Waals surface area (Å²) in [4.78, 5) is 20.3. The van der Waals surface area contributed by atoms with Crippen molar-refractivity contribution in [2.24, 2.45) is 0 Å². The number of rotatable bonds is 2. The molecule has 0 amide bonds. The Morgan fingerprint density at radius 2 is 2.12 bits per heavy atom. The van der Waals surface area contributed by atoms with Crippen LogP contribution in [0.25, 0.3) is 27.5 Å². The molecule has 120 valence electrons. The van der Waals surface area contributed by atoms with Gasteiger partial charge in [0.25, 0.3) is 0 Å². The molecule has 3 aromatic heterocycles. The third-order valence-corrected chi connectivity index (χ3v) is 4.63. The standard InChI is InChI=1S/C13H7N3O2S.C5H3N/c1-2-8-4-6-19-12(8)11-9(13(17)18)7-16-10(15-11)3-5-14-16;1-2-5-4(1)3-6-5/h1,3-7H,(H,17,18);1-3H. The number of carboxylic acid groups (broad SMARTS) is 1. The number of aromatic carboxylic acids is 1. The summed E-state index contributed by atoms with van der Waals surface area (Å²) in [5.74, 6) is 1.48. The molecule has 0 atom stereocenters. The number of aromatic nitrogens is 4. The van der Waals surface area contributed by atoms with Gasteiger partial charge in [-0.3, -0.25) is 4.98 Å². The van der Waals surface area contributed by atoms with Crippen LogP contribution in [0.1, 0.15) is 15.9 Å². The molecular formula is C18H10N4O2S. The molecule has 0 fully saturated rings. The molecule has 0 saturated heterocycles. The fourth-order valence-electron chi connectivity index (χ4n) is 2.34. The van der Waals surface area contributed by atoms with E-state index in [1.165, 1.54) is 33.3 Å². The normalized spacial score (nSPS) is 10.7. The van der Waals surface area contributed by atoms with Crippen molar-refractivity contribution >= 4 is 23.0 Å². The van der Waals surface area contributed by atoms with E-state index in [0.29, 0.717) is 21.8 Å². The van der Waals surface area contributed by atoms with E-state index in [0.717, 1.165) is 0 Å². The zero-order chi connectivity index (χ0) is 17.4. The number of thiophene rings is 1. The van der Waals surface area contributed by atoms with Gasteiger partial charge in [0.15, 0.2) is 5.65 Å².